The second-order valence-corrected chi connectivity index (χ2v) is 18.8. The standard InChI is InChI=1S/C36H63N6O3P/c1-31(2)22-28(23-32(3,4)40(31)19-13-16-37)43-46(44-29-24-33(5,6)41(20-14-17-38)34(7,8)25-29)45-30-26-35(9,10)42(21-15-18-39)36(11,12)27-30/h28-30H,13-15,19-27H2,1-12H3. The summed E-state index contributed by atoms with van der Waals surface area (Å²) in [6, 6.07) is 6.99. The van der Waals surface area contributed by atoms with Crippen molar-refractivity contribution in [2.45, 2.75) is 192 Å². The number of nitrogens with zero attached hydrogens (tertiary/aromatic N) is 6. The van der Waals surface area contributed by atoms with Gasteiger partial charge in [0.25, 0.3) is 0 Å². The minimum Gasteiger partial charge on any atom is -0.309 e. The number of piperidine rings is 3. The summed E-state index contributed by atoms with van der Waals surface area (Å²) in [4.78, 5) is 7.41. The molecule has 46 heavy (non-hydrogen) atoms. The van der Waals surface area contributed by atoms with E-state index in [2.05, 4.69) is 116 Å². The summed E-state index contributed by atoms with van der Waals surface area (Å²) in [5.41, 5.74) is -0.855. The summed E-state index contributed by atoms with van der Waals surface area (Å²) in [7, 11) is -1.67. The Hall–Kier alpha value is -1.34. The van der Waals surface area contributed by atoms with Crippen LogP contribution in [-0.4, -0.2) is 85.9 Å². The molecule has 0 spiro atoms. The monoisotopic (exact) mass is 658 g/mol. The fraction of sp³-hybridized carbons (Fsp3) is 0.917. The Bertz CT molecular complexity index is 967. The molecule has 3 heterocycles. The van der Waals surface area contributed by atoms with Gasteiger partial charge in [-0.2, -0.15) is 15.8 Å². The van der Waals surface area contributed by atoms with Crippen LogP contribution in [0.25, 0.3) is 0 Å². The van der Waals surface area contributed by atoms with E-state index in [1.165, 1.54) is 0 Å². The Morgan fingerprint density at radius 1 is 0.457 bits per heavy atom. The van der Waals surface area contributed by atoms with E-state index in [9.17, 15) is 15.8 Å². The largest absolute Gasteiger partial charge is 0.333 e. The lowest BCUT2D eigenvalue weighted by atomic mass is 9.78. The van der Waals surface area contributed by atoms with Crippen molar-refractivity contribution in [1.29, 1.82) is 15.8 Å². The first-order valence-electron chi connectivity index (χ1n) is 17.3. The van der Waals surface area contributed by atoms with Gasteiger partial charge in [-0.3, -0.25) is 14.7 Å². The topological polar surface area (TPSA) is 109 Å². The summed E-state index contributed by atoms with van der Waals surface area (Å²) in [6.45, 7) is 29.3. The van der Waals surface area contributed by atoms with Crippen LogP contribution in [0.4, 0.5) is 0 Å². The van der Waals surface area contributed by atoms with E-state index in [0.29, 0.717) is 19.3 Å². The molecule has 3 saturated heterocycles. The van der Waals surface area contributed by atoms with Gasteiger partial charge in [-0.25, -0.2) is 0 Å². The second-order valence-electron chi connectivity index (χ2n) is 17.7. The molecule has 3 rings (SSSR count). The van der Waals surface area contributed by atoms with Gasteiger partial charge in [-0.05, 0) is 122 Å². The lowest BCUT2D eigenvalue weighted by Gasteiger charge is -2.56. The van der Waals surface area contributed by atoms with Crippen molar-refractivity contribution in [3.8, 4) is 18.2 Å². The lowest BCUT2D eigenvalue weighted by molar-refractivity contribution is -0.104. The minimum absolute atomic E-state index is 0.0390. The predicted octanol–water partition coefficient (Wildman–Crippen LogP) is 8.07. The summed E-state index contributed by atoms with van der Waals surface area (Å²) in [5.74, 6) is 0. The molecule has 0 radical (unpaired) electrons. The molecule has 3 aliphatic rings. The Kier molecular flexibility index (Phi) is 12.4. The van der Waals surface area contributed by atoms with Crippen molar-refractivity contribution in [1.82, 2.24) is 14.7 Å². The Labute approximate surface area is 282 Å². The van der Waals surface area contributed by atoms with Gasteiger partial charge in [-0.1, -0.05) is 0 Å². The zero-order chi connectivity index (χ0) is 34.8. The molecule has 0 aromatic carbocycles. The summed E-state index contributed by atoms with van der Waals surface area (Å²) < 4.78 is 21.0. The molecule has 260 valence electrons. The van der Waals surface area contributed by atoms with Crippen LogP contribution in [0.3, 0.4) is 0 Å². The van der Waals surface area contributed by atoms with Crippen molar-refractivity contribution < 1.29 is 13.6 Å². The molecule has 0 unspecified atom stereocenters. The Morgan fingerprint density at radius 2 is 0.652 bits per heavy atom. The maximum absolute atomic E-state index is 9.32. The van der Waals surface area contributed by atoms with Crippen LogP contribution in [0.2, 0.25) is 0 Å². The molecule has 0 aliphatic carbocycles. The summed E-state index contributed by atoms with van der Waals surface area (Å²) in [6.07, 6.45) is 6.41. The van der Waals surface area contributed by atoms with Gasteiger partial charge in [0.05, 0.1) is 36.5 Å². The number of hydrogen-bond donors (Lipinski definition) is 0. The molecule has 0 N–H and O–H groups in total. The predicted molar refractivity (Wildman–Crippen MR) is 185 cm³/mol. The highest BCUT2D eigenvalue weighted by Gasteiger charge is 2.51. The third-order valence-corrected chi connectivity index (χ3v) is 12.2. The summed E-state index contributed by atoms with van der Waals surface area (Å²) >= 11 is 0. The van der Waals surface area contributed by atoms with E-state index in [1.54, 1.807) is 0 Å². The van der Waals surface area contributed by atoms with Crippen LogP contribution in [0.5, 0.6) is 0 Å². The van der Waals surface area contributed by atoms with Crippen LogP contribution >= 0.6 is 8.60 Å². The molecule has 0 bridgehead atoms. The smallest absolute Gasteiger partial charge is 0.309 e. The van der Waals surface area contributed by atoms with E-state index in [1.807, 2.05) is 0 Å². The number of hydrogen-bond acceptors (Lipinski definition) is 9. The number of nitriles is 3. The maximum Gasteiger partial charge on any atom is 0.333 e. The zero-order valence-corrected chi connectivity index (χ0v) is 32.0. The van der Waals surface area contributed by atoms with Crippen LogP contribution in [0, 0.1) is 34.0 Å². The third-order valence-electron chi connectivity index (χ3n) is 10.8. The number of rotatable bonds is 12. The zero-order valence-electron chi connectivity index (χ0n) is 31.1. The highest BCUT2D eigenvalue weighted by Crippen LogP contribution is 2.54. The molecule has 10 heteroatoms. The molecule has 3 fully saturated rings. The molecular weight excluding hydrogens is 595 g/mol. The van der Waals surface area contributed by atoms with Crippen LogP contribution in [0.15, 0.2) is 0 Å². The van der Waals surface area contributed by atoms with Gasteiger partial charge in [0.1, 0.15) is 0 Å². The van der Waals surface area contributed by atoms with Crippen molar-refractivity contribution >= 4 is 8.60 Å². The third kappa shape index (κ3) is 9.42. The minimum atomic E-state index is -1.67. The highest BCUT2D eigenvalue weighted by molar-refractivity contribution is 7.41. The maximum atomic E-state index is 9.32. The van der Waals surface area contributed by atoms with Gasteiger partial charge >= 0.3 is 8.60 Å². The molecule has 0 aromatic heterocycles. The molecule has 0 saturated carbocycles. The molecule has 0 atom stereocenters. The number of likely N-dealkylation sites (tertiary alicyclic amines) is 3. The summed E-state index contributed by atoms with van der Waals surface area (Å²) in [5, 5.41) is 28.0. The molecule has 3 aliphatic heterocycles. The van der Waals surface area contributed by atoms with Gasteiger partial charge in [0.2, 0.25) is 0 Å². The second kappa shape index (κ2) is 14.6. The quantitative estimate of drug-likeness (QED) is 0.192. The van der Waals surface area contributed by atoms with Crippen LogP contribution in [-0.2, 0) is 13.6 Å². The van der Waals surface area contributed by atoms with E-state index in [4.69, 9.17) is 13.6 Å². The Morgan fingerprint density at radius 3 is 0.826 bits per heavy atom. The average molecular weight is 659 g/mol. The van der Waals surface area contributed by atoms with Gasteiger partial charge in [0.15, 0.2) is 0 Å². The van der Waals surface area contributed by atoms with Gasteiger partial charge in [0, 0.05) is 72.1 Å². The first kappa shape index (κ1) is 39.1. The van der Waals surface area contributed by atoms with Crippen molar-refractivity contribution in [3.05, 3.63) is 0 Å². The van der Waals surface area contributed by atoms with Crippen LogP contribution in [0.1, 0.15) is 141 Å². The Balaban J connectivity index is 1.88. The van der Waals surface area contributed by atoms with Gasteiger partial charge < -0.3 is 13.6 Å². The normalized spacial score (nSPS) is 26.7. The fourth-order valence-electron chi connectivity index (χ4n) is 9.64. The average Bonchev–Trinajstić information content (AvgIpc) is 2.84. The molecule has 0 amide bonds. The molecule has 0 aromatic rings. The highest BCUT2D eigenvalue weighted by atomic mass is 31.2. The van der Waals surface area contributed by atoms with E-state index in [-0.39, 0.29) is 51.5 Å². The van der Waals surface area contributed by atoms with Crippen molar-refractivity contribution in [3.63, 3.8) is 0 Å². The van der Waals surface area contributed by atoms with Crippen LogP contribution < -0.4 is 0 Å². The van der Waals surface area contributed by atoms with E-state index in [0.717, 1.165) is 58.2 Å². The fourth-order valence-corrected chi connectivity index (χ4v) is 11.0. The van der Waals surface area contributed by atoms with Gasteiger partial charge in [-0.15, -0.1) is 0 Å². The molecular formula is C36H63N6O3P. The van der Waals surface area contributed by atoms with Crippen molar-refractivity contribution in [2.75, 3.05) is 19.6 Å². The van der Waals surface area contributed by atoms with E-state index < -0.39 is 8.60 Å². The van der Waals surface area contributed by atoms with E-state index >= 15 is 0 Å². The molecule has 9 nitrogen and oxygen atoms in total. The van der Waals surface area contributed by atoms with Crippen molar-refractivity contribution in [2.24, 2.45) is 0 Å². The lowest BCUT2D eigenvalue weighted by Crippen LogP contribution is -2.63. The first-order chi connectivity index (χ1) is 21.1. The first-order valence-corrected chi connectivity index (χ1v) is 18.4. The SMILES string of the molecule is CC1(C)CC(OP(OC2CC(C)(C)N(CCC#N)C(C)(C)C2)OC2CC(C)(C)N(CCC#N)C(C)(C)C2)CC(C)(C)N1CCC#N.